The van der Waals surface area contributed by atoms with Crippen LogP contribution in [0.2, 0.25) is 0 Å². The highest BCUT2D eigenvalue weighted by atomic mass is 16.5. The zero-order valence-corrected chi connectivity index (χ0v) is 13.1. The van der Waals surface area contributed by atoms with E-state index in [0.717, 1.165) is 17.7 Å². The van der Waals surface area contributed by atoms with Crippen LogP contribution in [-0.2, 0) is 11.2 Å². The summed E-state index contributed by atoms with van der Waals surface area (Å²) in [6.45, 7) is 5.73. The number of para-hydroxylation sites is 1. The van der Waals surface area contributed by atoms with Crippen molar-refractivity contribution in [3.63, 3.8) is 0 Å². The standard InChI is InChI=1S/C16H26N2O2/c1-6-16(3,17)15(19)18(4)12(2)11-13-9-7-8-10-14(13)20-5/h7-10,12H,6,11,17H2,1-5H3. The summed E-state index contributed by atoms with van der Waals surface area (Å²) in [5.74, 6) is 0.827. The molecule has 2 unspecified atom stereocenters. The van der Waals surface area contributed by atoms with Gasteiger partial charge in [-0.1, -0.05) is 25.1 Å². The summed E-state index contributed by atoms with van der Waals surface area (Å²) in [6, 6.07) is 7.94. The fourth-order valence-corrected chi connectivity index (χ4v) is 2.08. The number of nitrogens with zero attached hydrogens (tertiary/aromatic N) is 1. The second-order valence-electron chi connectivity index (χ2n) is 5.55. The minimum absolute atomic E-state index is 0.0256. The number of carbonyl (C=O) groups is 1. The van der Waals surface area contributed by atoms with Crippen LogP contribution in [0.25, 0.3) is 0 Å². The van der Waals surface area contributed by atoms with Crippen LogP contribution >= 0.6 is 0 Å². The Bertz CT molecular complexity index is 458. The van der Waals surface area contributed by atoms with Crippen LogP contribution in [0.3, 0.4) is 0 Å². The fraction of sp³-hybridized carbons (Fsp3) is 0.562. The van der Waals surface area contributed by atoms with Gasteiger partial charge < -0.3 is 15.4 Å². The molecule has 20 heavy (non-hydrogen) atoms. The van der Waals surface area contributed by atoms with E-state index in [2.05, 4.69) is 0 Å². The molecule has 0 aliphatic carbocycles. The number of ether oxygens (including phenoxy) is 1. The Morgan fingerprint density at radius 1 is 1.45 bits per heavy atom. The monoisotopic (exact) mass is 278 g/mol. The molecule has 0 radical (unpaired) electrons. The average Bonchev–Trinajstić information content (AvgIpc) is 2.46. The minimum Gasteiger partial charge on any atom is -0.496 e. The molecule has 112 valence electrons. The Morgan fingerprint density at radius 2 is 2.05 bits per heavy atom. The third-order valence-corrected chi connectivity index (χ3v) is 3.91. The molecule has 2 N–H and O–H groups in total. The van der Waals surface area contributed by atoms with E-state index in [1.165, 1.54) is 0 Å². The molecule has 0 aliphatic rings. The van der Waals surface area contributed by atoms with Crippen molar-refractivity contribution in [2.24, 2.45) is 5.73 Å². The highest BCUT2D eigenvalue weighted by molar-refractivity contribution is 5.85. The Morgan fingerprint density at radius 3 is 2.60 bits per heavy atom. The number of carbonyl (C=O) groups excluding carboxylic acids is 1. The molecule has 2 atom stereocenters. The van der Waals surface area contributed by atoms with E-state index in [1.807, 2.05) is 45.2 Å². The topological polar surface area (TPSA) is 55.6 Å². The van der Waals surface area contributed by atoms with E-state index in [1.54, 1.807) is 18.9 Å². The fourth-order valence-electron chi connectivity index (χ4n) is 2.08. The third kappa shape index (κ3) is 3.73. The van der Waals surface area contributed by atoms with Crippen LogP contribution < -0.4 is 10.5 Å². The average molecular weight is 278 g/mol. The zero-order chi connectivity index (χ0) is 15.3. The van der Waals surface area contributed by atoms with Crippen molar-refractivity contribution in [1.82, 2.24) is 4.90 Å². The lowest BCUT2D eigenvalue weighted by atomic mass is 9.97. The number of hydrogen-bond donors (Lipinski definition) is 1. The van der Waals surface area contributed by atoms with Gasteiger partial charge >= 0.3 is 0 Å². The number of hydrogen-bond acceptors (Lipinski definition) is 3. The Hall–Kier alpha value is -1.55. The second-order valence-corrected chi connectivity index (χ2v) is 5.55. The molecule has 1 rings (SSSR count). The van der Waals surface area contributed by atoms with Gasteiger partial charge in [-0.15, -0.1) is 0 Å². The third-order valence-electron chi connectivity index (χ3n) is 3.91. The van der Waals surface area contributed by atoms with Crippen molar-refractivity contribution in [2.45, 2.75) is 45.2 Å². The summed E-state index contributed by atoms with van der Waals surface area (Å²) < 4.78 is 5.35. The van der Waals surface area contributed by atoms with E-state index >= 15 is 0 Å². The predicted molar refractivity (Wildman–Crippen MR) is 81.8 cm³/mol. The first-order valence-corrected chi connectivity index (χ1v) is 7.01. The number of nitrogens with two attached hydrogens (primary N) is 1. The van der Waals surface area contributed by atoms with Crippen LogP contribution in [0.15, 0.2) is 24.3 Å². The normalized spacial score (nSPS) is 15.3. The van der Waals surface area contributed by atoms with E-state index in [-0.39, 0.29) is 11.9 Å². The van der Waals surface area contributed by atoms with Crippen LogP contribution in [-0.4, -0.2) is 36.5 Å². The van der Waals surface area contributed by atoms with Gasteiger partial charge in [-0.2, -0.15) is 0 Å². The Kier molecular flexibility index (Phi) is 5.57. The maximum Gasteiger partial charge on any atom is 0.242 e. The predicted octanol–water partition coefficient (Wildman–Crippen LogP) is 2.21. The lowest BCUT2D eigenvalue weighted by Crippen LogP contribution is -2.54. The van der Waals surface area contributed by atoms with Gasteiger partial charge in [-0.3, -0.25) is 4.79 Å². The smallest absolute Gasteiger partial charge is 0.242 e. The van der Waals surface area contributed by atoms with Gasteiger partial charge in [0.05, 0.1) is 12.6 Å². The van der Waals surface area contributed by atoms with Crippen molar-refractivity contribution < 1.29 is 9.53 Å². The van der Waals surface area contributed by atoms with E-state index in [0.29, 0.717) is 6.42 Å². The van der Waals surface area contributed by atoms with E-state index in [4.69, 9.17) is 10.5 Å². The van der Waals surface area contributed by atoms with Crippen LogP contribution in [0.5, 0.6) is 5.75 Å². The van der Waals surface area contributed by atoms with Crippen molar-refractivity contribution in [2.75, 3.05) is 14.2 Å². The molecule has 0 fully saturated rings. The number of amides is 1. The lowest BCUT2D eigenvalue weighted by molar-refractivity contribution is -0.137. The molecule has 0 spiro atoms. The molecule has 1 aromatic rings. The number of rotatable bonds is 6. The summed E-state index contributed by atoms with van der Waals surface area (Å²) >= 11 is 0. The molecule has 0 saturated carbocycles. The highest BCUT2D eigenvalue weighted by Gasteiger charge is 2.31. The molecule has 0 aliphatic heterocycles. The summed E-state index contributed by atoms with van der Waals surface area (Å²) in [5.41, 5.74) is 6.32. The molecule has 0 bridgehead atoms. The van der Waals surface area contributed by atoms with Crippen LogP contribution in [0, 0.1) is 0 Å². The largest absolute Gasteiger partial charge is 0.496 e. The number of methoxy groups -OCH3 is 1. The molecular weight excluding hydrogens is 252 g/mol. The van der Waals surface area contributed by atoms with Crippen molar-refractivity contribution in [1.29, 1.82) is 0 Å². The molecule has 1 aromatic carbocycles. The summed E-state index contributed by atoms with van der Waals surface area (Å²) in [4.78, 5) is 14.1. The van der Waals surface area contributed by atoms with Crippen molar-refractivity contribution >= 4 is 5.91 Å². The van der Waals surface area contributed by atoms with Gasteiger partial charge in [0.15, 0.2) is 0 Å². The van der Waals surface area contributed by atoms with Gasteiger partial charge in [-0.05, 0) is 38.3 Å². The SMILES string of the molecule is CCC(C)(N)C(=O)N(C)C(C)Cc1ccccc1OC. The zero-order valence-electron chi connectivity index (χ0n) is 13.1. The molecule has 1 amide bonds. The maximum absolute atomic E-state index is 12.4. The number of likely N-dealkylation sites (N-methyl/N-ethyl adjacent to an activating group) is 1. The second kappa shape index (κ2) is 6.75. The summed E-state index contributed by atoms with van der Waals surface area (Å²) in [5, 5.41) is 0. The van der Waals surface area contributed by atoms with Crippen molar-refractivity contribution in [3.05, 3.63) is 29.8 Å². The molecule has 4 nitrogen and oxygen atoms in total. The van der Waals surface area contributed by atoms with Crippen LogP contribution in [0.1, 0.15) is 32.8 Å². The van der Waals surface area contributed by atoms with Gasteiger partial charge in [0.2, 0.25) is 5.91 Å². The lowest BCUT2D eigenvalue weighted by Gasteiger charge is -2.32. The quantitative estimate of drug-likeness (QED) is 0.868. The Labute approximate surface area is 121 Å². The first-order valence-electron chi connectivity index (χ1n) is 7.01. The molecule has 0 saturated heterocycles. The first-order chi connectivity index (χ1) is 9.33. The first kappa shape index (κ1) is 16.5. The van der Waals surface area contributed by atoms with Gasteiger partial charge in [0.25, 0.3) is 0 Å². The van der Waals surface area contributed by atoms with E-state index in [9.17, 15) is 4.79 Å². The van der Waals surface area contributed by atoms with Crippen molar-refractivity contribution in [3.8, 4) is 5.75 Å². The Balaban J connectivity index is 2.80. The maximum atomic E-state index is 12.4. The molecular formula is C16H26N2O2. The number of benzene rings is 1. The van der Waals surface area contributed by atoms with Crippen LogP contribution in [0.4, 0.5) is 0 Å². The summed E-state index contributed by atoms with van der Waals surface area (Å²) in [6.07, 6.45) is 1.36. The summed E-state index contributed by atoms with van der Waals surface area (Å²) in [7, 11) is 3.47. The highest BCUT2D eigenvalue weighted by Crippen LogP contribution is 2.21. The molecule has 4 heteroatoms. The van der Waals surface area contributed by atoms with Gasteiger partial charge in [0.1, 0.15) is 5.75 Å². The van der Waals surface area contributed by atoms with Gasteiger partial charge in [0, 0.05) is 13.1 Å². The van der Waals surface area contributed by atoms with Gasteiger partial charge in [-0.25, -0.2) is 0 Å². The molecule has 0 heterocycles. The minimum atomic E-state index is -0.802. The van der Waals surface area contributed by atoms with E-state index < -0.39 is 5.54 Å². The molecule has 0 aromatic heterocycles.